The zero-order valence-electron chi connectivity index (χ0n) is 24.3. The molecular weight excluding hydrogens is 552 g/mol. The molecule has 2 heterocycles. The molecule has 0 bridgehead atoms. The number of likely N-dealkylation sites (tertiary alicyclic amines) is 2. The third-order valence-electron chi connectivity index (χ3n) is 10.0. The van der Waals surface area contributed by atoms with E-state index in [9.17, 15) is 24.3 Å². The maximum Gasteiger partial charge on any atom is 0.234 e. The predicted molar refractivity (Wildman–Crippen MR) is 164 cm³/mol. The van der Waals surface area contributed by atoms with Gasteiger partial charge in [0.05, 0.1) is 36.8 Å². The zero-order chi connectivity index (χ0) is 30.5. The minimum atomic E-state index is -0.706. The number of nitrogens with zero attached hydrogens (tertiary/aromatic N) is 2. The zero-order valence-corrected chi connectivity index (χ0v) is 24.3. The van der Waals surface area contributed by atoms with Gasteiger partial charge >= 0.3 is 0 Å². The number of imide groups is 2. The van der Waals surface area contributed by atoms with Crippen molar-refractivity contribution in [3.05, 3.63) is 125 Å². The Labute approximate surface area is 256 Å². The largest absolute Gasteiger partial charge is 0.507 e. The van der Waals surface area contributed by atoms with Crippen molar-refractivity contribution < 1.29 is 24.3 Å². The van der Waals surface area contributed by atoms with Crippen LogP contribution in [0.25, 0.3) is 0 Å². The van der Waals surface area contributed by atoms with Gasteiger partial charge in [-0.25, -0.2) is 0 Å². The van der Waals surface area contributed by atoms with E-state index < -0.39 is 35.5 Å². The molecule has 3 aromatic rings. The Morgan fingerprint density at radius 2 is 1.30 bits per heavy atom. The number of hydrogen-bond acceptors (Lipinski definition) is 5. The summed E-state index contributed by atoms with van der Waals surface area (Å²) >= 11 is 0. The lowest BCUT2D eigenvalue weighted by molar-refractivity contribution is -0.142. The summed E-state index contributed by atoms with van der Waals surface area (Å²) in [5.74, 6) is -4.31. The van der Waals surface area contributed by atoms with Gasteiger partial charge in [0.2, 0.25) is 23.6 Å². The molecule has 7 heteroatoms. The summed E-state index contributed by atoms with van der Waals surface area (Å²) in [6, 6.07) is 24.4. The Morgan fingerprint density at radius 1 is 0.705 bits per heavy atom. The van der Waals surface area contributed by atoms with Gasteiger partial charge in [-0.1, -0.05) is 96.6 Å². The molecule has 3 aromatic carbocycles. The first kappa shape index (κ1) is 28.0. The van der Waals surface area contributed by atoms with E-state index in [0.29, 0.717) is 30.4 Å². The Kier molecular flexibility index (Phi) is 7.04. The molecule has 2 aliphatic heterocycles. The molecule has 2 aliphatic carbocycles. The van der Waals surface area contributed by atoms with E-state index in [-0.39, 0.29) is 42.5 Å². The molecule has 1 N–H and O–H groups in total. The molecule has 6 atom stereocenters. The van der Waals surface area contributed by atoms with Crippen LogP contribution in [0.4, 0.5) is 0 Å². The van der Waals surface area contributed by atoms with Gasteiger partial charge in [0, 0.05) is 11.5 Å². The van der Waals surface area contributed by atoms with Gasteiger partial charge in [0.15, 0.2) is 0 Å². The summed E-state index contributed by atoms with van der Waals surface area (Å²) in [4.78, 5) is 58.7. The van der Waals surface area contributed by atoms with Gasteiger partial charge in [-0.05, 0) is 41.9 Å². The highest BCUT2D eigenvalue weighted by molar-refractivity contribution is 6.08. The first-order valence-electron chi connectivity index (χ1n) is 15.3. The smallest absolute Gasteiger partial charge is 0.234 e. The molecule has 0 radical (unpaired) electrons. The number of phenolic OH excluding ortho intramolecular Hbond substituents is 1. The maximum atomic E-state index is 14.2. The van der Waals surface area contributed by atoms with Crippen molar-refractivity contribution in [1.82, 2.24) is 9.80 Å². The van der Waals surface area contributed by atoms with Gasteiger partial charge in [0.1, 0.15) is 5.75 Å². The molecule has 1 saturated carbocycles. The molecule has 4 aliphatic rings. The molecule has 0 aromatic heterocycles. The lowest BCUT2D eigenvalue weighted by Gasteiger charge is -2.44. The van der Waals surface area contributed by atoms with Crippen molar-refractivity contribution in [2.24, 2.45) is 29.6 Å². The van der Waals surface area contributed by atoms with E-state index >= 15 is 0 Å². The van der Waals surface area contributed by atoms with Crippen LogP contribution >= 0.6 is 0 Å². The Hall–Kier alpha value is -4.78. The molecular formula is C37H34N2O5. The summed E-state index contributed by atoms with van der Waals surface area (Å²) in [7, 11) is 0. The molecule has 0 unspecified atom stereocenters. The molecule has 44 heavy (non-hydrogen) atoms. The second-order valence-electron chi connectivity index (χ2n) is 12.4. The van der Waals surface area contributed by atoms with E-state index in [4.69, 9.17) is 0 Å². The number of para-hydroxylation sites is 1. The topological polar surface area (TPSA) is 95.0 Å². The number of allylic oxidation sites excluding steroid dienone is 3. The highest BCUT2D eigenvalue weighted by Crippen LogP contribution is 2.59. The van der Waals surface area contributed by atoms with Gasteiger partial charge in [-0.15, -0.1) is 6.58 Å². The first-order chi connectivity index (χ1) is 21.4. The Balaban J connectivity index is 1.30. The fraction of sp³-hybridized carbons (Fsp3) is 0.297. The molecule has 222 valence electrons. The third kappa shape index (κ3) is 4.41. The van der Waals surface area contributed by atoms with Gasteiger partial charge in [0.25, 0.3) is 0 Å². The number of carbonyl (C=O) groups excluding carboxylic acids is 4. The van der Waals surface area contributed by atoms with Crippen molar-refractivity contribution in [1.29, 1.82) is 0 Å². The van der Waals surface area contributed by atoms with Crippen LogP contribution < -0.4 is 0 Å². The van der Waals surface area contributed by atoms with Gasteiger partial charge in [-0.3, -0.25) is 29.0 Å². The molecule has 7 nitrogen and oxygen atoms in total. The summed E-state index contributed by atoms with van der Waals surface area (Å²) in [6.45, 7) is 4.19. The summed E-state index contributed by atoms with van der Waals surface area (Å²) in [6.07, 6.45) is 4.87. The lowest BCUT2D eigenvalue weighted by Crippen LogP contribution is -2.43. The summed E-state index contributed by atoms with van der Waals surface area (Å²) < 4.78 is 0. The third-order valence-corrected chi connectivity index (χ3v) is 10.0. The fourth-order valence-electron chi connectivity index (χ4n) is 8.09. The fourth-order valence-corrected chi connectivity index (χ4v) is 8.09. The Morgan fingerprint density at radius 3 is 1.91 bits per heavy atom. The van der Waals surface area contributed by atoms with Crippen LogP contribution in [-0.4, -0.2) is 38.5 Å². The molecule has 3 fully saturated rings. The van der Waals surface area contributed by atoms with Crippen LogP contribution in [-0.2, 0) is 38.7 Å². The average molecular weight is 587 g/mol. The molecule has 4 amide bonds. The van der Waals surface area contributed by atoms with Crippen LogP contribution in [0.15, 0.2) is 103 Å². The van der Waals surface area contributed by atoms with Crippen LogP contribution in [0.3, 0.4) is 0 Å². The number of amides is 4. The minimum absolute atomic E-state index is 0.0844. The standard InChI is InChI=1S/C37H34N2O5/c1-2-10-24-15-9-16-26(33(24)40)30-25-17-18-27-31(36(43)38(34(27)41)20-22-11-5-3-6-12-22)28(25)19-29-32(30)37(44)39(35(29)42)21-23-13-7-4-8-14-23/h2-9,11-17,27-32,40H,1,10,18-21H2/t27-,28+,29+,30+,31-,32+/m0/s1. The summed E-state index contributed by atoms with van der Waals surface area (Å²) in [5.41, 5.74) is 3.87. The van der Waals surface area contributed by atoms with Crippen molar-refractivity contribution in [3.8, 4) is 5.75 Å². The second-order valence-corrected chi connectivity index (χ2v) is 12.4. The van der Waals surface area contributed by atoms with Crippen LogP contribution in [0.5, 0.6) is 5.75 Å². The van der Waals surface area contributed by atoms with Crippen LogP contribution in [0.1, 0.15) is 41.0 Å². The number of hydrogen-bond donors (Lipinski definition) is 1. The van der Waals surface area contributed by atoms with E-state index in [1.165, 1.54) is 9.80 Å². The van der Waals surface area contributed by atoms with Crippen LogP contribution in [0, 0.1) is 29.6 Å². The van der Waals surface area contributed by atoms with Crippen molar-refractivity contribution in [2.45, 2.75) is 38.3 Å². The normalized spacial score (nSPS) is 27.6. The SMILES string of the molecule is C=CCc1cccc([C@H]2C3=CC[C@@H]4C(=O)N(Cc5ccccc5)C(=O)[C@@H]4[C@@H]3C[C@H]3C(=O)N(Cc4ccccc4)C(=O)[C@@H]23)c1O. The van der Waals surface area contributed by atoms with Gasteiger partial charge < -0.3 is 5.11 Å². The monoisotopic (exact) mass is 586 g/mol. The Bertz CT molecular complexity index is 1700. The molecule has 7 rings (SSSR count). The molecule has 0 spiro atoms. The van der Waals surface area contributed by atoms with Crippen molar-refractivity contribution >= 4 is 23.6 Å². The first-order valence-corrected chi connectivity index (χ1v) is 15.3. The minimum Gasteiger partial charge on any atom is -0.507 e. The highest BCUT2D eigenvalue weighted by Gasteiger charge is 2.62. The summed E-state index contributed by atoms with van der Waals surface area (Å²) in [5, 5.41) is 11.5. The maximum absolute atomic E-state index is 14.2. The lowest BCUT2D eigenvalue weighted by atomic mass is 9.57. The van der Waals surface area contributed by atoms with E-state index in [2.05, 4.69) is 6.58 Å². The second kappa shape index (κ2) is 11.1. The number of aromatic hydroxyl groups is 1. The number of benzene rings is 3. The number of phenols is 1. The van der Waals surface area contributed by atoms with E-state index in [1.807, 2.05) is 84.9 Å². The number of rotatable bonds is 7. The predicted octanol–water partition coefficient (Wildman–Crippen LogP) is 5.16. The van der Waals surface area contributed by atoms with Gasteiger partial charge in [-0.2, -0.15) is 0 Å². The van der Waals surface area contributed by atoms with E-state index in [0.717, 1.165) is 16.7 Å². The van der Waals surface area contributed by atoms with Crippen LogP contribution in [0.2, 0.25) is 0 Å². The van der Waals surface area contributed by atoms with E-state index in [1.54, 1.807) is 6.08 Å². The average Bonchev–Trinajstić information content (AvgIpc) is 3.42. The van der Waals surface area contributed by atoms with Crippen molar-refractivity contribution in [3.63, 3.8) is 0 Å². The number of carbonyl (C=O) groups is 4. The molecule has 2 saturated heterocycles. The number of fused-ring (bicyclic) bond motifs is 4. The van der Waals surface area contributed by atoms with Crippen molar-refractivity contribution in [2.75, 3.05) is 0 Å². The highest BCUT2D eigenvalue weighted by atomic mass is 16.3. The quantitative estimate of drug-likeness (QED) is 0.305.